The fourth-order valence-corrected chi connectivity index (χ4v) is 1.56. The van der Waals surface area contributed by atoms with Crippen LogP contribution >= 0.6 is 0 Å². The van der Waals surface area contributed by atoms with Gasteiger partial charge < -0.3 is 5.11 Å². The lowest BCUT2D eigenvalue weighted by atomic mass is 10.1. The van der Waals surface area contributed by atoms with Crippen molar-refractivity contribution in [1.29, 1.82) is 0 Å². The summed E-state index contributed by atoms with van der Waals surface area (Å²) in [6, 6.07) is 8.92. The Balaban J connectivity index is 2.30. The first kappa shape index (κ1) is 12.8. The van der Waals surface area contributed by atoms with Crippen molar-refractivity contribution in [2.24, 2.45) is 0 Å². The number of aromatic carboxylic acids is 1. The Bertz CT molecular complexity index is 699. The molecule has 19 heavy (non-hydrogen) atoms. The van der Waals surface area contributed by atoms with Crippen molar-refractivity contribution in [3.8, 4) is 11.8 Å². The molecule has 1 aromatic heterocycles. The lowest BCUT2D eigenvalue weighted by Crippen LogP contribution is -2.02. The summed E-state index contributed by atoms with van der Waals surface area (Å²) in [4.78, 5) is 14.9. The summed E-state index contributed by atoms with van der Waals surface area (Å²) in [5, 5.41) is 8.88. The molecule has 0 amide bonds. The van der Waals surface area contributed by atoms with Gasteiger partial charge in [0.05, 0.1) is 11.3 Å². The molecule has 0 unspecified atom stereocenters. The van der Waals surface area contributed by atoms with Crippen LogP contribution in [-0.4, -0.2) is 16.1 Å². The molecule has 0 spiro atoms. The van der Waals surface area contributed by atoms with Crippen LogP contribution in [0.25, 0.3) is 0 Å². The Morgan fingerprint density at radius 3 is 2.68 bits per heavy atom. The van der Waals surface area contributed by atoms with E-state index < -0.39 is 5.97 Å². The van der Waals surface area contributed by atoms with Gasteiger partial charge in [-0.3, -0.25) is 0 Å². The lowest BCUT2D eigenvalue weighted by Gasteiger charge is -1.99. The van der Waals surface area contributed by atoms with Crippen molar-refractivity contribution in [1.82, 2.24) is 4.98 Å². The van der Waals surface area contributed by atoms with Crippen LogP contribution in [0.15, 0.2) is 36.4 Å². The van der Waals surface area contributed by atoms with Gasteiger partial charge in [0.2, 0.25) is 0 Å². The lowest BCUT2D eigenvalue weighted by molar-refractivity contribution is 0.0695. The highest BCUT2D eigenvalue weighted by atomic mass is 19.1. The zero-order valence-corrected chi connectivity index (χ0v) is 10.1. The second-order valence-electron chi connectivity index (χ2n) is 3.89. The molecule has 0 saturated carbocycles. The molecule has 0 fully saturated rings. The van der Waals surface area contributed by atoms with E-state index in [-0.39, 0.29) is 11.4 Å². The Morgan fingerprint density at radius 2 is 2.05 bits per heavy atom. The highest BCUT2D eigenvalue weighted by molar-refractivity contribution is 5.88. The van der Waals surface area contributed by atoms with Crippen molar-refractivity contribution in [3.63, 3.8) is 0 Å². The quantitative estimate of drug-likeness (QED) is 0.797. The third kappa shape index (κ3) is 3.17. The number of carboxylic acid groups (broad SMARTS) is 1. The van der Waals surface area contributed by atoms with Gasteiger partial charge in [0.25, 0.3) is 0 Å². The van der Waals surface area contributed by atoms with E-state index >= 15 is 0 Å². The number of rotatable bonds is 1. The van der Waals surface area contributed by atoms with E-state index in [9.17, 15) is 9.18 Å². The summed E-state index contributed by atoms with van der Waals surface area (Å²) >= 11 is 0. The van der Waals surface area contributed by atoms with Crippen molar-refractivity contribution >= 4 is 5.97 Å². The van der Waals surface area contributed by atoms with Crippen LogP contribution in [-0.2, 0) is 0 Å². The van der Waals surface area contributed by atoms with E-state index in [0.29, 0.717) is 17.0 Å². The molecule has 1 N–H and O–H groups in total. The minimum atomic E-state index is -1.02. The van der Waals surface area contributed by atoms with Gasteiger partial charge in [0.15, 0.2) is 0 Å². The minimum Gasteiger partial charge on any atom is -0.478 e. The van der Waals surface area contributed by atoms with Crippen molar-refractivity contribution < 1.29 is 14.3 Å². The van der Waals surface area contributed by atoms with E-state index in [2.05, 4.69) is 16.8 Å². The van der Waals surface area contributed by atoms with Crippen LogP contribution < -0.4 is 0 Å². The molecule has 94 valence electrons. The Hall–Kier alpha value is -2.67. The first-order chi connectivity index (χ1) is 9.06. The normalized spacial score (nSPS) is 9.58. The van der Waals surface area contributed by atoms with E-state index in [0.717, 1.165) is 0 Å². The molecule has 4 heteroatoms. The molecule has 0 bridgehead atoms. The van der Waals surface area contributed by atoms with Crippen LogP contribution in [0.4, 0.5) is 4.39 Å². The average molecular weight is 255 g/mol. The van der Waals surface area contributed by atoms with Gasteiger partial charge in [0.1, 0.15) is 11.5 Å². The Labute approximate surface area is 109 Å². The number of hydrogen-bond donors (Lipinski definition) is 1. The third-order valence-electron chi connectivity index (χ3n) is 2.48. The monoisotopic (exact) mass is 255 g/mol. The number of aromatic nitrogens is 1. The highest BCUT2D eigenvalue weighted by Gasteiger charge is 2.07. The zero-order valence-electron chi connectivity index (χ0n) is 10.1. The van der Waals surface area contributed by atoms with Crippen LogP contribution in [0.2, 0.25) is 0 Å². The number of nitrogens with zero attached hydrogens (tertiary/aromatic N) is 1. The number of pyridine rings is 1. The van der Waals surface area contributed by atoms with Gasteiger partial charge in [-0.05, 0) is 43.2 Å². The first-order valence-corrected chi connectivity index (χ1v) is 5.55. The molecule has 0 aliphatic rings. The summed E-state index contributed by atoms with van der Waals surface area (Å²) in [6.07, 6.45) is 0. The van der Waals surface area contributed by atoms with Gasteiger partial charge in [0, 0.05) is 5.56 Å². The molecule has 2 rings (SSSR count). The molecular weight excluding hydrogens is 245 g/mol. The summed E-state index contributed by atoms with van der Waals surface area (Å²) in [7, 11) is 0. The van der Waals surface area contributed by atoms with E-state index in [1.807, 2.05) is 0 Å². The number of hydrogen-bond acceptors (Lipinski definition) is 2. The number of carboxylic acids is 1. The second kappa shape index (κ2) is 5.32. The summed E-state index contributed by atoms with van der Waals surface area (Å²) in [5.74, 6) is 4.18. The maximum absolute atomic E-state index is 13.0. The number of carbonyl (C=O) groups is 1. The number of aryl methyl sites for hydroxylation is 1. The van der Waals surface area contributed by atoms with Crippen LogP contribution in [0, 0.1) is 24.6 Å². The van der Waals surface area contributed by atoms with Gasteiger partial charge >= 0.3 is 5.97 Å². The minimum absolute atomic E-state index is 0.149. The molecule has 3 nitrogen and oxygen atoms in total. The average Bonchev–Trinajstić information content (AvgIpc) is 2.36. The Kier molecular flexibility index (Phi) is 3.58. The first-order valence-electron chi connectivity index (χ1n) is 5.55. The maximum Gasteiger partial charge on any atom is 0.337 e. The van der Waals surface area contributed by atoms with Gasteiger partial charge in [-0.2, -0.15) is 0 Å². The third-order valence-corrected chi connectivity index (χ3v) is 2.48. The smallest absolute Gasteiger partial charge is 0.337 e. The number of benzene rings is 1. The van der Waals surface area contributed by atoms with Crippen LogP contribution in [0.1, 0.15) is 27.3 Å². The molecule has 2 aromatic rings. The number of halogens is 1. The fourth-order valence-electron chi connectivity index (χ4n) is 1.56. The predicted molar refractivity (Wildman–Crippen MR) is 68.3 cm³/mol. The predicted octanol–water partition coefficient (Wildman–Crippen LogP) is 2.63. The standard InChI is InChI=1S/C15H10FNO2/c1-10-14(15(18)19)8-7-13(17-10)6-5-11-3-2-4-12(16)9-11/h2-4,7-9H,1H3,(H,18,19). The largest absolute Gasteiger partial charge is 0.478 e. The van der Waals surface area contributed by atoms with Gasteiger partial charge in [-0.1, -0.05) is 12.0 Å². The molecule has 0 atom stereocenters. The second-order valence-corrected chi connectivity index (χ2v) is 3.89. The fraction of sp³-hybridized carbons (Fsp3) is 0.0667. The van der Waals surface area contributed by atoms with Crippen molar-refractivity contribution in [2.75, 3.05) is 0 Å². The van der Waals surface area contributed by atoms with Crippen molar-refractivity contribution in [3.05, 3.63) is 64.7 Å². The maximum atomic E-state index is 13.0. The van der Waals surface area contributed by atoms with E-state index in [1.165, 1.54) is 24.3 Å². The van der Waals surface area contributed by atoms with E-state index in [4.69, 9.17) is 5.11 Å². The van der Waals surface area contributed by atoms with Gasteiger partial charge in [-0.25, -0.2) is 14.2 Å². The summed E-state index contributed by atoms with van der Waals surface area (Å²) < 4.78 is 13.0. The van der Waals surface area contributed by atoms with Crippen molar-refractivity contribution in [2.45, 2.75) is 6.92 Å². The van der Waals surface area contributed by atoms with E-state index in [1.54, 1.807) is 19.1 Å². The highest BCUT2D eigenvalue weighted by Crippen LogP contribution is 2.07. The zero-order chi connectivity index (χ0) is 13.8. The Morgan fingerprint density at radius 1 is 1.26 bits per heavy atom. The van der Waals surface area contributed by atoms with Crippen LogP contribution in [0.5, 0.6) is 0 Å². The molecule has 0 aliphatic heterocycles. The molecule has 1 heterocycles. The molecule has 0 aliphatic carbocycles. The molecule has 0 saturated heterocycles. The SMILES string of the molecule is Cc1nc(C#Cc2cccc(F)c2)ccc1C(=O)O. The topological polar surface area (TPSA) is 50.2 Å². The molecule has 0 radical (unpaired) electrons. The summed E-state index contributed by atoms with van der Waals surface area (Å²) in [6.45, 7) is 1.61. The molecular formula is C15H10FNO2. The molecule has 1 aromatic carbocycles. The van der Waals surface area contributed by atoms with Crippen LogP contribution in [0.3, 0.4) is 0 Å². The van der Waals surface area contributed by atoms with Gasteiger partial charge in [-0.15, -0.1) is 0 Å². The summed E-state index contributed by atoms with van der Waals surface area (Å²) in [5.41, 5.74) is 1.54.